The summed E-state index contributed by atoms with van der Waals surface area (Å²) in [4.78, 5) is 12.5. The third kappa shape index (κ3) is 3.17. The predicted octanol–water partition coefficient (Wildman–Crippen LogP) is 2.32. The quantitative estimate of drug-likeness (QED) is 0.758. The highest BCUT2D eigenvalue weighted by atomic mass is 32.2. The summed E-state index contributed by atoms with van der Waals surface area (Å²) < 4.78 is 28.0. The lowest BCUT2D eigenvalue weighted by molar-refractivity contribution is 0.0951. The monoisotopic (exact) mass is 344 g/mol. The molecule has 0 saturated carbocycles. The maximum Gasteiger partial charge on any atom is 0.255 e. The van der Waals surface area contributed by atoms with E-state index in [0.717, 1.165) is 10.9 Å². The smallest absolute Gasteiger partial charge is 0.255 e. The molecule has 0 atom stereocenters. The number of nitrogens with one attached hydrogen (secondary N) is 1. The Labute approximate surface area is 139 Å². The number of para-hydroxylation sites is 1. The van der Waals surface area contributed by atoms with Crippen LogP contribution < -0.4 is 10.5 Å². The number of hydrogen-bond donors (Lipinski definition) is 2. The van der Waals surface area contributed by atoms with Crippen LogP contribution in [0.4, 0.5) is 0 Å². The van der Waals surface area contributed by atoms with Crippen molar-refractivity contribution in [2.45, 2.75) is 18.4 Å². The Morgan fingerprint density at radius 3 is 2.46 bits per heavy atom. The first-order chi connectivity index (χ1) is 11.4. The van der Waals surface area contributed by atoms with Gasteiger partial charge in [0.05, 0.1) is 10.5 Å². The standard InChI is InChI=1S/C17H16N2O4S/c1-11-16(14-4-2-3-5-15(14)23-11)17(20)19-10-12-6-8-13(9-7-12)24(18,21)22/h2-9H,10H2,1H3,(H,19,20)(H2,18,21,22). The molecule has 0 fully saturated rings. The Morgan fingerprint density at radius 1 is 1.12 bits per heavy atom. The van der Waals surface area contributed by atoms with Gasteiger partial charge in [-0.25, -0.2) is 13.6 Å². The minimum atomic E-state index is -3.72. The Bertz CT molecular complexity index is 1000. The van der Waals surface area contributed by atoms with E-state index in [1.807, 2.05) is 24.3 Å². The molecular weight excluding hydrogens is 328 g/mol. The second-order valence-electron chi connectivity index (χ2n) is 5.40. The molecule has 1 amide bonds. The van der Waals surface area contributed by atoms with Gasteiger partial charge in [-0.2, -0.15) is 0 Å². The SMILES string of the molecule is Cc1oc2ccccc2c1C(=O)NCc1ccc(S(N)(=O)=O)cc1. The van der Waals surface area contributed by atoms with Gasteiger partial charge in [0.25, 0.3) is 5.91 Å². The average molecular weight is 344 g/mol. The minimum absolute atomic E-state index is 0.0363. The highest BCUT2D eigenvalue weighted by molar-refractivity contribution is 7.89. The van der Waals surface area contributed by atoms with Gasteiger partial charge in [0, 0.05) is 11.9 Å². The number of primary sulfonamides is 1. The molecule has 1 aromatic heterocycles. The number of furan rings is 1. The zero-order chi connectivity index (χ0) is 17.3. The second-order valence-corrected chi connectivity index (χ2v) is 6.96. The third-order valence-electron chi connectivity index (χ3n) is 3.70. The van der Waals surface area contributed by atoms with Crippen molar-refractivity contribution >= 4 is 26.9 Å². The molecule has 0 aliphatic carbocycles. The number of nitrogens with two attached hydrogens (primary N) is 1. The number of rotatable bonds is 4. The lowest BCUT2D eigenvalue weighted by Gasteiger charge is -2.06. The molecule has 24 heavy (non-hydrogen) atoms. The van der Waals surface area contributed by atoms with Crippen LogP contribution in [-0.4, -0.2) is 14.3 Å². The van der Waals surface area contributed by atoms with Gasteiger partial charge in [-0.05, 0) is 30.7 Å². The second kappa shape index (κ2) is 6.10. The summed E-state index contributed by atoms with van der Waals surface area (Å²) in [5, 5.41) is 8.63. The van der Waals surface area contributed by atoms with E-state index >= 15 is 0 Å². The van der Waals surface area contributed by atoms with E-state index in [2.05, 4.69) is 5.32 Å². The molecule has 3 rings (SSSR count). The number of sulfonamides is 1. The molecule has 0 spiro atoms. The summed E-state index contributed by atoms with van der Waals surface area (Å²) in [7, 11) is -3.72. The summed E-state index contributed by atoms with van der Waals surface area (Å²) in [5.41, 5.74) is 1.94. The van der Waals surface area contributed by atoms with Crippen LogP contribution in [0.15, 0.2) is 57.8 Å². The van der Waals surface area contributed by atoms with Crippen molar-refractivity contribution in [2.24, 2.45) is 5.14 Å². The van der Waals surface area contributed by atoms with Crippen LogP contribution in [-0.2, 0) is 16.6 Å². The van der Waals surface area contributed by atoms with Crippen LogP contribution in [0.5, 0.6) is 0 Å². The fourth-order valence-corrected chi connectivity index (χ4v) is 3.03. The average Bonchev–Trinajstić information content (AvgIpc) is 2.88. The molecule has 0 radical (unpaired) electrons. The van der Waals surface area contributed by atoms with Crippen LogP contribution in [0.25, 0.3) is 11.0 Å². The third-order valence-corrected chi connectivity index (χ3v) is 4.63. The van der Waals surface area contributed by atoms with E-state index in [4.69, 9.17) is 9.56 Å². The number of carbonyl (C=O) groups excluding carboxylic acids is 1. The number of carbonyl (C=O) groups is 1. The molecule has 3 aromatic rings. The highest BCUT2D eigenvalue weighted by Crippen LogP contribution is 2.25. The number of aryl methyl sites for hydroxylation is 1. The summed E-state index contributed by atoms with van der Waals surface area (Å²) >= 11 is 0. The van der Waals surface area contributed by atoms with Gasteiger partial charge in [0.2, 0.25) is 10.0 Å². The fourth-order valence-electron chi connectivity index (χ4n) is 2.52. The molecule has 7 heteroatoms. The summed E-state index contributed by atoms with van der Waals surface area (Å²) in [6.07, 6.45) is 0. The maximum absolute atomic E-state index is 12.5. The van der Waals surface area contributed by atoms with Crippen molar-refractivity contribution in [3.05, 3.63) is 65.4 Å². The zero-order valence-corrected chi connectivity index (χ0v) is 13.8. The van der Waals surface area contributed by atoms with Crippen molar-refractivity contribution in [3.8, 4) is 0 Å². The van der Waals surface area contributed by atoms with Crippen molar-refractivity contribution in [3.63, 3.8) is 0 Å². The molecule has 0 aliphatic rings. The van der Waals surface area contributed by atoms with Crippen molar-refractivity contribution in [1.82, 2.24) is 5.32 Å². The van der Waals surface area contributed by atoms with Crippen LogP contribution in [0, 0.1) is 6.92 Å². The maximum atomic E-state index is 12.5. The molecule has 6 nitrogen and oxygen atoms in total. The summed E-state index contributed by atoms with van der Waals surface area (Å²) in [5.74, 6) is 0.311. The van der Waals surface area contributed by atoms with Gasteiger partial charge in [-0.1, -0.05) is 30.3 Å². The van der Waals surface area contributed by atoms with Gasteiger partial charge in [0.1, 0.15) is 11.3 Å². The number of fused-ring (bicyclic) bond motifs is 1. The first-order valence-electron chi connectivity index (χ1n) is 7.24. The molecule has 0 unspecified atom stereocenters. The molecule has 0 bridgehead atoms. The first-order valence-corrected chi connectivity index (χ1v) is 8.79. The molecule has 0 aliphatic heterocycles. The number of amides is 1. The summed E-state index contributed by atoms with van der Waals surface area (Å²) in [6, 6.07) is 13.4. The Kier molecular flexibility index (Phi) is 4.13. The van der Waals surface area contributed by atoms with Crippen molar-refractivity contribution in [2.75, 3.05) is 0 Å². The van der Waals surface area contributed by atoms with E-state index in [1.54, 1.807) is 19.1 Å². The van der Waals surface area contributed by atoms with Gasteiger partial charge >= 0.3 is 0 Å². The minimum Gasteiger partial charge on any atom is -0.461 e. The van der Waals surface area contributed by atoms with Crippen molar-refractivity contribution < 1.29 is 17.6 Å². The van der Waals surface area contributed by atoms with Gasteiger partial charge in [0.15, 0.2) is 0 Å². The Balaban J connectivity index is 1.77. The van der Waals surface area contributed by atoms with Crippen LogP contribution in [0.3, 0.4) is 0 Å². The molecule has 0 saturated heterocycles. The fraction of sp³-hybridized carbons (Fsp3) is 0.118. The normalized spacial score (nSPS) is 11.6. The van der Waals surface area contributed by atoms with Gasteiger partial charge in [-0.15, -0.1) is 0 Å². The van der Waals surface area contributed by atoms with E-state index in [1.165, 1.54) is 12.1 Å². The summed E-state index contributed by atoms with van der Waals surface area (Å²) in [6.45, 7) is 2.01. The lowest BCUT2D eigenvalue weighted by atomic mass is 10.1. The highest BCUT2D eigenvalue weighted by Gasteiger charge is 2.17. The molecule has 124 valence electrons. The zero-order valence-electron chi connectivity index (χ0n) is 12.9. The number of benzene rings is 2. The van der Waals surface area contributed by atoms with Crippen LogP contribution >= 0.6 is 0 Å². The van der Waals surface area contributed by atoms with Gasteiger partial charge in [-0.3, -0.25) is 4.79 Å². The van der Waals surface area contributed by atoms with Crippen LogP contribution in [0.2, 0.25) is 0 Å². The van der Waals surface area contributed by atoms with Gasteiger partial charge < -0.3 is 9.73 Å². The van der Waals surface area contributed by atoms with E-state index in [0.29, 0.717) is 16.9 Å². The largest absolute Gasteiger partial charge is 0.461 e. The lowest BCUT2D eigenvalue weighted by Crippen LogP contribution is -2.23. The van der Waals surface area contributed by atoms with E-state index in [-0.39, 0.29) is 17.3 Å². The topological polar surface area (TPSA) is 102 Å². The molecule has 1 heterocycles. The molecule has 3 N–H and O–H groups in total. The molecule has 2 aromatic carbocycles. The number of hydrogen-bond acceptors (Lipinski definition) is 4. The van der Waals surface area contributed by atoms with Crippen LogP contribution in [0.1, 0.15) is 21.7 Å². The Morgan fingerprint density at radius 2 is 1.79 bits per heavy atom. The van der Waals surface area contributed by atoms with E-state index < -0.39 is 10.0 Å². The first kappa shape index (κ1) is 16.2. The molecular formula is C17H16N2O4S. The predicted molar refractivity (Wildman–Crippen MR) is 89.9 cm³/mol. The van der Waals surface area contributed by atoms with E-state index in [9.17, 15) is 13.2 Å². The Hall–Kier alpha value is -2.64. The van der Waals surface area contributed by atoms with Crippen molar-refractivity contribution in [1.29, 1.82) is 0 Å².